The number of carbonyl (C=O) groups excluding carboxylic acids is 2. The average molecular weight is 548 g/mol. The van der Waals surface area contributed by atoms with E-state index in [-0.39, 0.29) is 33.1 Å². The highest BCUT2D eigenvalue weighted by Gasteiger charge is 2.33. The lowest BCUT2D eigenvalue weighted by Crippen LogP contribution is -2.51. The van der Waals surface area contributed by atoms with Crippen molar-refractivity contribution in [2.45, 2.75) is 24.3 Å². The van der Waals surface area contributed by atoms with Crippen molar-refractivity contribution in [2.24, 2.45) is 0 Å². The molecule has 1 N–H and O–H groups in total. The van der Waals surface area contributed by atoms with Gasteiger partial charge in [0.1, 0.15) is 12.6 Å². The maximum absolute atomic E-state index is 13.7. The molecular weight excluding hydrogens is 521 g/mol. The summed E-state index contributed by atoms with van der Waals surface area (Å²) >= 11 is 12.5. The van der Waals surface area contributed by atoms with Crippen molar-refractivity contribution in [3.05, 3.63) is 94.5 Å². The monoisotopic (exact) mass is 547 g/mol. The molecule has 0 bridgehead atoms. The zero-order valence-corrected chi connectivity index (χ0v) is 22.2. The fourth-order valence-corrected chi connectivity index (χ4v) is 5.57. The van der Waals surface area contributed by atoms with Gasteiger partial charge in [-0.3, -0.25) is 13.9 Å². The van der Waals surface area contributed by atoms with Gasteiger partial charge in [0.05, 0.1) is 15.6 Å². The molecule has 36 heavy (non-hydrogen) atoms. The molecule has 0 fully saturated rings. The van der Waals surface area contributed by atoms with Crippen LogP contribution in [-0.4, -0.2) is 51.3 Å². The van der Waals surface area contributed by atoms with Gasteiger partial charge in [0.25, 0.3) is 10.0 Å². The van der Waals surface area contributed by atoms with E-state index in [1.165, 1.54) is 42.3 Å². The summed E-state index contributed by atoms with van der Waals surface area (Å²) in [5.74, 6) is -0.924. The van der Waals surface area contributed by atoms with Crippen LogP contribution < -0.4 is 9.62 Å². The number of nitrogens with zero attached hydrogens (tertiary/aromatic N) is 2. The molecule has 0 radical (unpaired) electrons. The van der Waals surface area contributed by atoms with Gasteiger partial charge in [-0.1, -0.05) is 71.7 Å². The summed E-state index contributed by atoms with van der Waals surface area (Å²) in [7, 11) is -2.72. The molecule has 190 valence electrons. The Bertz CT molecular complexity index is 1310. The highest BCUT2D eigenvalue weighted by atomic mass is 35.5. The van der Waals surface area contributed by atoms with Gasteiger partial charge in [-0.15, -0.1) is 0 Å². The zero-order valence-electron chi connectivity index (χ0n) is 19.9. The fourth-order valence-electron chi connectivity index (χ4n) is 3.69. The van der Waals surface area contributed by atoms with Crippen molar-refractivity contribution < 1.29 is 18.0 Å². The van der Waals surface area contributed by atoms with E-state index >= 15 is 0 Å². The van der Waals surface area contributed by atoms with E-state index < -0.39 is 28.5 Å². The summed E-state index contributed by atoms with van der Waals surface area (Å²) in [5.41, 5.74) is 1.04. The fraction of sp³-hybridized carbons (Fsp3) is 0.231. The van der Waals surface area contributed by atoms with E-state index in [1.54, 1.807) is 25.1 Å². The lowest BCUT2D eigenvalue weighted by molar-refractivity contribution is -0.138. The molecule has 1 atom stereocenters. The van der Waals surface area contributed by atoms with Crippen molar-refractivity contribution in [1.82, 2.24) is 10.2 Å². The third-order valence-electron chi connectivity index (χ3n) is 5.68. The average Bonchev–Trinajstić information content (AvgIpc) is 2.89. The molecule has 0 heterocycles. The lowest BCUT2D eigenvalue weighted by Gasteiger charge is -2.32. The van der Waals surface area contributed by atoms with Crippen LogP contribution in [0.25, 0.3) is 0 Å². The van der Waals surface area contributed by atoms with Gasteiger partial charge in [0.15, 0.2) is 0 Å². The number of amides is 2. The van der Waals surface area contributed by atoms with E-state index in [2.05, 4.69) is 5.32 Å². The molecule has 0 aliphatic carbocycles. The zero-order chi connectivity index (χ0) is 26.3. The minimum absolute atomic E-state index is 0.0102. The van der Waals surface area contributed by atoms with E-state index in [0.29, 0.717) is 6.42 Å². The van der Waals surface area contributed by atoms with E-state index in [9.17, 15) is 18.0 Å². The Morgan fingerprint density at radius 1 is 0.944 bits per heavy atom. The van der Waals surface area contributed by atoms with Crippen LogP contribution in [0.1, 0.15) is 12.5 Å². The Balaban J connectivity index is 2.00. The van der Waals surface area contributed by atoms with Crippen LogP contribution >= 0.6 is 23.2 Å². The van der Waals surface area contributed by atoms with Crippen molar-refractivity contribution >= 4 is 50.7 Å². The predicted octanol–water partition coefficient (Wildman–Crippen LogP) is 4.39. The number of benzene rings is 3. The van der Waals surface area contributed by atoms with Gasteiger partial charge in [-0.25, -0.2) is 8.42 Å². The second-order valence-electron chi connectivity index (χ2n) is 8.03. The molecule has 3 aromatic rings. The quantitative estimate of drug-likeness (QED) is 0.407. The maximum atomic E-state index is 13.7. The lowest BCUT2D eigenvalue weighted by atomic mass is 10.1. The topological polar surface area (TPSA) is 86.8 Å². The molecule has 0 saturated carbocycles. The van der Waals surface area contributed by atoms with Crippen LogP contribution in [0.3, 0.4) is 0 Å². The van der Waals surface area contributed by atoms with E-state index in [1.807, 2.05) is 30.3 Å². The van der Waals surface area contributed by atoms with Crippen LogP contribution in [0.5, 0.6) is 0 Å². The molecule has 10 heteroatoms. The normalized spacial score (nSPS) is 12.0. The summed E-state index contributed by atoms with van der Waals surface area (Å²) in [6, 6.07) is 20.8. The highest BCUT2D eigenvalue weighted by Crippen LogP contribution is 2.33. The van der Waals surface area contributed by atoms with Gasteiger partial charge in [0, 0.05) is 18.6 Å². The van der Waals surface area contributed by atoms with Crippen LogP contribution in [0.2, 0.25) is 10.0 Å². The van der Waals surface area contributed by atoms with Gasteiger partial charge in [-0.2, -0.15) is 0 Å². The first-order chi connectivity index (χ1) is 17.1. The van der Waals surface area contributed by atoms with Crippen LogP contribution in [0.15, 0.2) is 83.8 Å². The van der Waals surface area contributed by atoms with Crippen molar-refractivity contribution in [1.29, 1.82) is 0 Å². The third-order valence-corrected chi connectivity index (χ3v) is 8.01. The van der Waals surface area contributed by atoms with Crippen LogP contribution in [0, 0.1) is 0 Å². The number of hydrogen-bond acceptors (Lipinski definition) is 4. The molecule has 2 amide bonds. The van der Waals surface area contributed by atoms with Gasteiger partial charge >= 0.3 is 0 Å². The molecule has 0 spiro atoms. The van der Waals surface area contributed by atoms with Crippen molar-refractivity contribution in [2.75, 3.05) is 24.4 Å². The van der Waals surface area contributed by atoms with Crippen molar-refractivity contribution in [3.8, 4) is 0 Å². The third kappa shape index (κ3) is 6.57. The Hall–Kier alpha value is -3.07. The molecule has 0 aromatic heterocycles. The first-order valence-corrected chi connectivity index (χ1v) is 13.4. The minimum atomic E-state index is -4.20. The van der Waals surface area contributed by atoms with Crippen LogP contribution in [-0.2, 0) is 26.0 Å². The number of carbonyl (C=O) groups is 2. The molecule has 0 saturated heterocycles. The standard InChI is InChI=1S/C26H27Cl2N3O4S/c1-19(26(33)29-2)30(16-15-20-9-5-3-6-10-20)25(32)18-31(24-17-21(27)13-14-23(24)28)36(34,35)22-11-7-4-8-12-22/h3-14,17,19H,15-16,18H2,1-2H3,(H,29,33)/t19-/m0/s1. The number of hydrogen-bond donors (Lipinski definition) is 1. The Kier molecular flexibility index (Phi) is 9.37. The largest absolute Gasteiger partial charge is 0.357 e. The number of nitrogens with one attached hydrogen (secondary N) is 1. The summed E-state index contributed by atoms with van der Waals surface area (Å²) < 4.78 is 28.3. The summed E-state index contributed by atoms with van der Waals surface area (Å²) in [6.45, 7) is 1.23. The second-order valence-corrected chi connectivity index (χ2v) is 10.7. The Labute approximate surface area is 221 Å². The molecule has 3 rings (SSSR count). The van der Waals surface area contributed by atoms with Gasteiger partial charge in [0.2, 0.25) is 11.8 Å². The molecule has 7 nitrogen and oxygen atoms in total. The number of anilines is 1. The molecule has 3 aromatic carbocycles. The summed E-state index contributed by atoms with van der Waals surface area (Å²) in [4.78, 5) is 27.5. The Morgan fingerprint density at radius 3 is 2.17 bits per heavy atom. The van der Waals surface area contributed by atoms with Gasteiger partial charge < -0.3 is 10.2 Å². The predicted molar refractivity (Wildman–Crippen MR) is 143 cm³/mol. The smallest absolute Gasteiger partial charge is 0.264 e. The molecule has 0 aliphatic rings. The summed E-state index contributed by atoms with van der Waals surface area (Å²) in [6.07, 6.45) is 0.483. The highest BCUT2D eigenvalue weighted by molar-refractivity contribution is 7.92. The Morgan fingerprint density at radius 2 is 1.56 bits per heavy atom. The van der Waals surface area contributed by atoms with Gasteiger partial charge in [-0.05, 0) is 49.2 Å². The van der Waals surface area contributed by atoms with E-state index in [0.717, 1.165) is 9.87 Å². The molecular formula is C26H27Cl2N3O4S. The number of rotatable bonds is 10. The number of likely N-dealkylation sites (N-methyl/N-ethyl adjacent to an activating group) is 1. The molecule has 0 unspecified atom stereocenters. The number of sulfonamides is 1. The minimum Gasteiger partial charge on any atom is -0.357 e. The summed E-state index contributed by atoms with van der Waals surface area (Å²) in [5, 5.41) is 2.92. The second kappa shape index (κ2) is 12.3. The SMILES string of the molecule is CNC(=O)[C@H](C)N(CCc1ccccc1)C(=O)CN(c1cc(Cl)ccc1Cl)S(=O)(=O)c1ccccc1. The first kappa shape index (κ1) is 27.5. The molecule has 0 aliphatic heterocycles. The maximum Gasteiger partial charge on any atom is 0.264 e. The van der Waals surface area contributed by atoms with Crippen LogP contribution in [0.4, 0.5) is 5.69 Å². The van der Waals surface area contributed by atoms with E-state index in [4.69, 9.17) is 23.2 Å². The number of halogens is 2. The first-order valence-electron chi connectivity index (χ1n) is 11.2. The van der Waals surface area contributed by atoms with Crippen molar-refractivity contribution in [3.63, 3.8) is 0 Å².